The second-order valence-corrected chi connectivity index (χ2v) is 5.72. The van der Waals surface area contributed by atoms with Crippen LogP contribution in [0.25, 0.3) is 5.65 Å². The van der Waals surface area contributed by atoms with E-state index in [0.29, 0.717) is 5.41 Å². The van der Waals surface area contributed by atoms with Gasteiger partial charge < -0.3 is 14.5 Å². The van der Waals surface area contributed by atoms with Crippen molar-refractivity contribution in [2.45, 2.75) is 26.3 Å². The zero-order valence-electron chi connectivity index (χ0n) is 11.4. The number of nitrogens with zero attached hydrogens (tertiary/aromatic N) is 2. The second kappa shape index (κ2) is 5.31. The minimum absolute atomic E-state index is 0.372. The zero-order valence-corrected chi connectivity index (χ0v) is 11.4. The minimum atomic E-state index is 0.372. The largest absolute Gasteiger partial charge is 0.381 e. The maximum Gasteiger partial charge on any atom is 0.137 e. The SMILES string of the molecule is CC1(CNCc2cn3ccccc3n2)CCOCC1. The van der Waals surface area contributed by atoms with E-state index in [2.05, 4.69) is 27.8 Å². The summed E-state index contributed by atoms with van der Waals surface area (Å²) in [5.74, 6) is 0. The van der Waals surface area contributed by atoms with E-state index in [-0.39, 0.29) is 0 Å². The Kier molecular flexibility index (Phi) is 3.53. The van der Waals surface area contributed by atoms with Crippen LogP contribution in [0.4, 0.5) is 0 Å². The number of rotatable bonds is 4. The number of imidazole rings is 1. The predicted molar refractivity (Wildman–Crippen MR) is 75.1 cm³/mol. The summed E-state index contributed by atoms with van der Waals surface area (Å²) in [4.78, 5) is 4.59. The first kappa shape index (κ1) is 12.6. The molecule has 1 fully saturated rings. The van der Waals surface area contributed by atoms with Crippen LogP contribution in [0.15, 0.2) is 30.6 Å². The predicted octanol–water partition coefficient (Wildman–Crippen LogP) is 2.24. The van der Waals surface area contributed by atoms with Gasteiger partial charge in [-0.2, -0.15) is 0 Å². The molecule has 19 heavy (non-hydrogen) atoms. The number of nitrogens with one attached hydrogen (secondary N) is 1. The standard InChI is InChI=1S/C15H21N3O/c1-15(5-8-19-9-6-15)12-16-10-13-11-18-7-3-2-4-14(18)17-13/h2-4,7,11,16H,5-6,8-10,12H2,1H3. The Morgan fingerprint density at radius 3 is 3.00 bits per heavy atom. The van der Waals surface area contributed by atoms with E-state index < -0.39 is 0 Å². The maximum atomic E-state index is 5.43. The molecular formula is C15H21N3O. The molecule has 0 atom stereocenters. The van der Waals surface area contributed by atoms with Crippen molar-refractivity contribution in [2.24, 2.45) is 5.41 Å². The van der Waals surface area contributed by atoms with Gasteiger partial charge in [0, 0.05) is 38.7 Å². The molecular weight excluding hydrogens is 238 g/mol. The summed E-state index contributed by atoms with van der Waals surface area (Å²) in [6.07, 6.45) is 6.41. The normalized spacial score (nSPS) is 18.8. The highest BCUT2D eigenvalue weighted by Crippen LogP contribution is 2.28. The number of ether oxygens (including phenoxy) is 1. The summed E-state index contributed by atoms with van der Waals surface area (Å²) in [6.45, 7) is 5.99. The Hall–Kier alpha value is -1.39. The lowest BCUT2D eigenvalue weighted by atomic mass is 9.82. The number of fused-ring (bicyclic) bond motifs is 1. The third-order valence-corrected chi connectivity index (χ3v) is 3.97. The van der Waals surface area contributed by atoms with Crippen LogP contribution < -0.4 is 5.32 Å². The van der Waals surface area contributed by atoms with E-state index in [9.17, 15) is 0 Å². The molecule has 4 nitrogen and oxygen atoms in total. The molecule has 2 aromatic heterocycles. The van der Waals surface area contributed by atoms with Crippen LogP contribution in [0.2, 0.25) is 0 Å². The van der Waals surface area contributed by atoms with Crippen molar-refractivity contribution < 1.29 is 4.74 Å². The molecule has 1 N–H and O–H groups in total. The highest BCUT2D eigenvalue weighted by molar-refractivity contribution is 5.39. The van der Waals surface area contributed by atoms with Crippen LogP contribution in [0.1, 0.15) is 25.5 Å². The van der Waals surface area contributed by atoms with Crippen molar-refractivity contribution in [3.8, 4) is 0 Å². The first-order valence-electron chi connectivity index (χ1n) is 6.96. The van der Waals surface area contributed by atoms with Gasteiger partial charge in [-0.3, -0.25) is 0 Å². The van der Waals surface area contributed by atoms with Crippen LogP contribution in [-0.2, 0) is 11.3 Å². The lowest BCUT2D eigenvalue weighted by Gasteiger charge is -2.33. The third-order valence-electron chi connectivity index (χ3n) is 3.97. The number of hydrogen-bond donors (Lipinski definition) is 1. The van der Waals surface area contributed by atoms with Crippen molar-refractivity contribution in [3.63, 3.8) is 0 Å². The van der Waals surface area contributed by atoms with Gasteiger partial charge in [-0.25, -0.2) is 4.98 Å². The first-order chi connectivity index (χ1) is 9.25. The summed E-state index contributed by atoms with van der Waals surface area (Å²) in [6, 6.07) is 6.07. The molecule has 1 saturated heterocycles. The Balaban J connectivity index is 1.57. The van der Waals surface area contributed by atoms with Crippen LogP contribution in [0.5, 0.6) is 0 Å². The van der Waals surface area contributed by atoms with Gasteiger partial charge in [0.2, 0.25) is 0 Å². The molecule has 0 amide bonds. The fourth-order valence-corrected chi connectivity index (χ4v) is 2.61. The van der Waals surface area contributed by atoms with Crippen LogP contribution in [0, 0.1) is 5.41 Å². The van der Waals surface area contributed by atoms with E-state index in [0.717, 1.165) is 50.5 Å². The quantitative estimate of drug-likeness (QED) is 0.915. The maximum absolute atomic E-state index is 5.43. The Bertz CT molecular complexity index is 510. The molecule has 0 spiro atoms. The zero-order chi connectivity index (χ0) is 13.1. The van der Waals surface area contributed by atoms with Crippen molar-refractivity contribution >= 4 is 5.65 Å². The topological polar surface area (TPSA) is 38.6 Å². The average molecular weight is 259 g/mol. The molecule has 102 valence electrons. The monoisotopic (exact) mass is 259 g/mol. The van der Waals surface area contributed by atoms with Crippen LogP contribution >= 0.6 is 0 Å². The van der Waals surface area contributed by atoms with Gasteiger partial charge >= 0.3 is 0 Å². The van der Waals surface area contributed by atoms with E-state index in [1.807, 2.05) is 24.4 Å². The van der Waals surface area contributed by atoms with Crippen molar-refractivity contribution in [1.29, 1.82) is 0 Å². The molecule has 3 heterocycles. The van der Waals surface area contributed by atoms with Gasteiger partial charge in [0.05, 0.1) is 5.69 Å². The van der Waals surface area contributed by atoms with Gasteiger partial charge in [-0.15, -0.1) is 0 Å². The van der Waals surface area contributed by atoms with Gasteiger partial charge in [0.1, 0.15) is 5.65 Å². The number of aromatic nitrogens is 2. The third kappa shape index (κ3) is 2.96. The minimum Gasteiger partial charge on any atom is -0.381 e. The van der Waals surface area contributed by atoms with E-state index >= 15 is 0 Å². The lowest BCUT2D eigenvalue weighted by molar-refractivity contribution is 0.0240. The summed E-state index contributed by atoms with van der Waals surface area (Å²) in [5.41, 5.74) is 2.48. The van der Waals surface area contributed by atoms with E-state index in [4.69, 9.17) is 4.74 Å². The summed E-state index contributed by atoms with van der Waals surface area (Å²) in [5, 5.41) is 3.54. The molecule has 0 saturated carbocycles. The molecule has 0 radical (unpaired) electrons. The molecule has 1 aliphatic rings. The summed E-state index contributed by atoms with van der Waals surface area (Å²) in [7, 11) is 0. The van der Waals surface area contributed by atoms with Crippen LogP contribution in [0.3, 0.4) is 0 Å². The summed E-state index contributed by atoms with van der Waals surface area (Å²) >= 11 is 0. The molecule has 4 heteroatoms. The average Bonchev–Trinajstić information content (AvgIpc) is 2.82. The highest BCUT2D eigenvalue weighted by atomic mass is 16.5. The van der Waals surface area contributed by atoms with E-state index in [1.54, 1.807) is 0 Å². The fraction of sp³-hybridized carbons (Fsp3) is 0.533. The molecule has 0 aliphatic carbocycles. The molecule has 0 aromatic carbocycles. The Labute approximate surface area is 113 Å². The van der Waals surface area contributed by atoms with Gasteiger partial charge in [-0.05, 0) is 30.4 Å². The van der Waals surface area contributed by atoms with E-state index in [1.165, 1.54) is 0 Å². The highest BCUT2D eigenvalue weighted by Gasteiger charge is 2.26. The van der Waals surface area contributed by atoms with Crippen molar-refractivity contribution in [3.05, 3.63) is 36.3 Å². The Morgan fingerprint density at radius 1 is 1.37 bits per heavy atom. The van der Waals surface area contributed by atoms with Crippen molar-refractivity contribution in [2.75, 3.05) is 19.8 Å². The molecule has 0 unspecified atom stereocenters. The number of hydrogen-bond acceptors (Lipinski definition) is 3. The molecule has 2 aromatic rings. The molecule has 1 aliphatic heterocycles. The van der Waals surface area contributed by atoms with Crippen LogP contribution in [-0.4, -0.2) is 29.1 Å². The van der Waals surface area contributed by atoms with Crippen molar-refractivity contribution in [1.82, 2.24) is 14.7 Å². The Morgan fingerprint density at radius 2 is 2.21 bits per heavy atom. The fourth-order valence-electron chi connectivity index (χ4n) is 2.61. The first-order valence-corrected chi connectivity index (χ1v) is 6.96. The smallest absolute Gasteiger partial charge is 0.137 e. The van der Waals surface area contributed by atoms with Gasteiger partial charge in [0.25, 0.3) is 0 Å². The van der Waals surface area contributed by atoms with Gasteiger partial charge in [-0.1, -0.05) is 13.0 Å². The second-order valence-electron chi connectivity index (χ2n) is 5.72. The summed E-state index contributed by atoms with van der Waals surface area (Å²) < 4.78 is 7.49. The molecule has 3 rings (SSSR count). The lowest BCUT2D eigenvalue weighted by Crippen LogP contribution is -2.36. The van der Waals surface area contributed by atoms with Gasteiger partial charge in [0.15, 0.2) is 0 Å². The number of pyridine rings is 1. The molecule has 0 bridgehead atoms.